The van der Waals surface area contributed by atoms with Crippen molar-refractivity contribution in [1.29, 1.82) is 0 Å². The third kappa shape index (κ3) is 2.65. The molecule has 0 bridgehead atoms. The minimum absolute atomic E-state index is 0.0414. The van der Waals surface area contributed by atoms with Crippen LogP contribution in [0.15, 0.2) is 6.20 Å². The summed E-state index contributed by atoms with van der Waals surface area (Å²) in [7, 11) is 0. The minimum Gasteiger partial charge on any atom is -0.386 e. The van der Waals surface area contributed by atoms with Crippen LogP contribution in [0.2, 0.25) is 4.34 Å². The Balaban J connectivity index is 2.23. The molecular weight excluding hydrogens is 258 g/mol. The lowest BCUT2D eigenvalue weighted by molar-refractivity contribution is -0.0880. The van der Waals surface area contributed by atoms with Gasteiger partial charge in [0.2, 0.25) is 0 Å². The number of halogens is 1. The Kier molecular flexibility index (Phi) is 3.28. The van der Waals surface area contributed by atoms with Crippen LogP contribution in [0.4, 0.5) is 0 Å². The molecule has 1 aliphatic rings. The van der Waals surface area contributed by atoms with Gasteiger partial charge in [-0.05, 0) is 34.1 Å². The van der Waals surface area contributed by atoms with Crippen LogP contribution in [0.25, 0.3) is 0 Å². The van der Waals surface area contributed by atoms with Crippen molar-refractivity contribution in [1.82, 2.24) is 4.98 Å². The molecule has 0 saturated carbocycles. The van der Waals surface area contributed by atoms with Crippen LogP contribution in [0.1, 0.15) is 45.2 Å². The molecule has 1 aromatic heterocycles. The van der Waals surface area contributed by atoms with Gasteiger partial charge in [0.1, 0.15) is 15.4 Å². The van der Waals surface area contributed by atoms with Gasteiger partial charge in [-0.3, -0.25) is 0 Å². The molecule has 2 unspecified atom stereocenters. The van der Waals surface area contributed by atoms with E-state index in [0.717, 1.165) is 6.42 Å². The predicted molar refractivity (Wildman–Crippen MR) is 69.4 cm³/mol. The lowest BCUT2D eigenvalue weighted by atomic mass is 9.83. The Labute approximate surface area is 111 Å². The average molecular weight is 276 g/mol. The van der Waals surface area contributed by atoms with Crippen molar-refractivity contribution in [2.45, 2.75) is 51.4 Å². The fourth-order valence-corrected chi connectivity index (χ4v) is 3.65. The Bertz CT molecular complexity index is 416. The van der Waals surface area contributed by atoms with Crippen LogP contribution in [0.5, 0.6) is 0 Å². The van der Waals surface area contributed by atoms with Gasteiger partial charge >= 0.3 is 0 Å². The maximum Gasteiger partial charge on any atom is 0.123 e. The normalized spacial score (nSPS) is 28.2. The smallest absolute Gasteiger partial charge is 0.123 e. The van der Waals surface area contributed by atoms with Gasteiger partial charge in [0.05, 0.1) is 17.4 Å². The summed E-state index contributed by atoms with van der Waals surface area (Å²) in [5.74, 6) is 0.0414. The van der Waals surface area contributed by atoms with Gasteiger partial charge < -0.3 is 9.84 Å². The summed E-state index contributed by atoms with van der Waals surface area (Å²) in [6, 6.07) is 0. The van der Waals surface area contributed by atoms with E-state index in [-0.39, 0.29) is 17.1 Å². The van der Waals surface area contributed by atoms with E-state index in [0.29, 0.717) is 9.34 Å². The molecular formula is C12H18ClNO2S. The van der Waals surface area contributed by atoms with E-state index in [9.17, 15) is 5.11 Å². The van der Waals surface area contributed by atoms with Gasteiger partial charge in [0.15, 0.2) is 0 Å². The number of hydrogen-bond donors (Lipinski definition) is 1. The van der Waals surface area contributed by atoms with Crippen molar-refractivity contribution in [3.05, 3.63) is 15.5 Å². The van der Waals surface area contributed by atoms with Crippen LogP contribution in [0, 0.1) is 5.92 Å². The third-order valence-electron chi connectivity index (χ3n) is 3.27. The van der Waals surface area contributed by atoms with E-state index in [1.165, 1.54) is 11.3 Å². The number of ether oxygens (including phenoxy) is 1. The van der Waals surface area contributed by atoms with Gasteiger partial charge in [-0.25, -0.2) is 4.98 Å². The van der Waals surface area contributed by atoms with Crippen LogP contribution < -0.4 is 0 Å². The van der Waals surface area contributed by atoms with Crippen molar-refractivity contribution < 1.29 is 9.84 Å². The quantitative estimate of drug-likeness (QED) is 0.899. The molecule has 1 fully saturated rings. The molecule has 5 heteroatoms. The Hall–Kier alpha value is -0.160. The number of thiazole rings is 1. The molecule has 0 aromatic carbocycles. The van der Waals surface area contributed by atoms with Crippen molar-refractivity contribution in [3.8, 4) is 0 Å². The Morgan fingerprint density at radius 3 is 2.59 bits per heavy atom. The number of aromatic nitrogens is 1. The number of nitrogens with zero attached hydrogens (tertiary/aromatic N) is 1. The largest absolute Gasteiger partial charge is 0.386 e. The summed E-state index contributed by atoms with van der Waals surface area (Å²) >= 11 is 7.18. The topological polar surface area (TPSA) is 42.4 Å². The number of aliphatic hydroxyl groups is 1. The molecule has 2 atom stereocenters. The molecule has 2 heterocycles. The zero-order valence-electron chi connectivity index (χ0n) is 10.5. The van der Waals surface area contributed by atoms with E-state index in [1.807, 2.05) is 13.8 Å². The fraction of sp³-hybridized carbons (Fsp3) is 0.750. The second kappa shape index (κ2) is 4.19. The highest BCUT2D eigenvalue weighted by Crippen LogP contribution is 2.48. The van der Waals surface area contributed by atoms with Gasteiger partial charge in [-0.1, -0.05) is 11.6 Å². The monoisotopic (exact) mass is 275 g/mol. The van der Waals surface area contributed by atoms with Crippen LogP contribution >= 0.6 is 22.9 Å². The number of aliphatic hydroxyl groups excluding tert-OH is 1. The van der Waals surface area contributed by atoms with Crippen molar-refractivity contribution >= 4 is 22.9 Å². The van der Waals surface area contributed by atoms with Gasteiger partial charge in [-0.15, -0.1) is 11.3 Å². The minimum atomic E-state index is -0.607. The standard InChI is InChI=1S/C12H18ClNO2S/c1-11(2)5-7(12(3,4)16-11)9(15)10-14-6-8(13)17-10/h6-7,9,15H,5H2,1-4H3. The van der Waals surface area contributed by atoms with Crippen molar-refractivity contribution in [2.75, 3.05) is 0 Å². The SMILES string of the molecule is CC1(C)CC(C(O)c2ncc(Cl)s2)C(C)(C)O1. The van der Waals surface area contributed by atoms with Crippen molar-refractivity contribution in [2.24, 2.45) is 5.92 Å². The molecule has 0 radical (unpaired) electrons. The molecule has 0 amide bonds. The van der Waals surface area contributed by atoms with E-state index in [2.05, 4.69) is 18.8 Å². The molecule has 1 N–H and O–H groups in total. The molecule has 96 valence electrons. The van der Waals surface area contributed by atoms with Crippen LogP contribution in [-0.4, -0.2) is 21.3 Å². The molecule has 1 aromatic rings. The second-order valence-corrected chi connectivity index (χ2v) is 7.42. The Morgan fingerprint density at radius 1 is 1.53 bits per heavy atom. The summed E-state index contributed by atoms with van der Waals surface area (Å²) in [6.07, 6.45) is 1.79. The van der Waals surface area contributed by atoms with E-state index >= 15 is 0 Å². The molecule has 1 saturated heterocycles. The maximum atomic E-state index is 10.4. The van der Waals surface area contributed by atoms with Crippen LogP contribution in [0.3, 0.4) is 0 Å². The molecule has 17 heavy (non-hydrogen) atoms. The summed E-state index contributed by atoms with van der Waals surface area (Å²) in [4.78, 5) is 4.15. The predicted octanol–water partition coefficient (Wildman–Crippen LogP) is 3.42. The van der Waals surface area contributed by atoms with E-state index in [1.54, 1.807) is 6.20 Å². The molecule has 2 rings (SSSR count). The molecule has 0 spiro atoms. The lowest BCUT2D eigenvalue weighted by Gasteiger charge is -2.29. The first-order valence-electron chi connectivity index (χ1n) is 5.71. The first-order valence-corrected chi connectivity index (χ1v) is 6.90. The first kappa shape index (κ1) is 13.3. The average Bonchev–Trinajstić information content (AvgIpc) is 2.66. The Morgan fingerprint density at radius 2 is 2.18 bits per heavy atom. The van der Waals surface area contributed by atoms with E-state index in [4.69, 9.17) is 16.3 Å². The fourth-order valence-electron chi connectivity index (χ4n) is 2.67. The second-order valence-electron chi connectivity index (χ2n) is 5.72. The van der Waals surface area contributed by atoms with Crippen molar-refractivity contribution in [3.63, 3.8) is 0 Å². The van der Waals surface area contributed by atoms with Gasteiger partial charge in [0, 0.05) is 5.92 Å². The molecule has 0 aliphatic carbocycles. The molecule has 1 aliphatic heterocycles. The number of rotatable bonds is 2. The zero-order valence-corrected chi connectivity index (χ0v) is 12.1. The summed E-state index contributed by atoms with van der Waals surface area (Å²) in [6.45, 7) is 8.14. The lowest BCUT2D eigenvalue weighted by Crippen LogP contribution is -2.32. The molecule has 3 nitrogen and oxygen atoms in total. The highest BCUT2D eigenvalue weighted by molar-refractivity contribution is 7.15. The highest BCUT2D eigenvalue weighted by atomic mass is 35.5. The van der Waals surface area contributed by atoms with Crippen LogP contribution in [-0.2, 0) is 4.74 Å². The maximum absolute atomic E-state index is 10.4. The first-order chi connectivity index (χ1) is 7.71. The zero-order chi connectivity index (χ0) is 12.8. The highest BCUT2D eigenvalue weighted by Gasteiger charge is 2.49. The summed E-state index contributed by atoms with van der Waals surface area (Å²) in [5, 5.41) is 11.1. The van der Waals surface area contributed by atoms with Gasteiger partial charge in [-0.2, -0.15) is 0 Å². The summed E-state index contributed by atoms with van der Waals surface area (Å²) < 4.78 is 6.59. The van der Waals surface area contributed by atoms with Gasteiger partial charge in [0.25, 0.3) is 0 Å². The third-order valence-corrected chi connectivity index (χ3v) is 4.46. The summed E-state index contributed by atoms with van der Waals surface area (Å²) in [5.41, 5.74) is -0.544. The number of hydrogen-bond acceptors (Lipinski definition) is 4. The van der Waals surface area contributed by atoms with E-state index < -0.39 is 6.10 Å².